The Hall–Kier alpha value is -1.46. The molecule has 2 aromatic rings. The zero-order chi connectivity index (χ0) is 9.97. The van der Waals surface area contributed by atoms with Gasteiger partial charge in [-0.3, -0.25) is 0 Å². The van der Waals surface area contributed by atoms with Gasteiger partial charge in [-0.2, -0.15) is 5.10 Å². The summed E-state index contributed by atoms with van der Waals surface area (Å²) >= 11 is 0. The van der Waals surface area contributed by atoms with Crippen molar-refractivity contribution in [3.8, 4) is 0 Å². The van der Waals surface area contributed by atoms with Crippen LogP contribution in [0.15, 0.2) is 24.5 Å². The molecule has 0 saturated carbocycles. The van der Waals surface area contributed by atoms with E-state index in [-0.39, 0.29) is 12.6 Å². The van der Waals surface area contributed by atoms with Crippen molar-refractivity contribution in [3.05, 3.63) is 30.2 Å². The topological polar surface area (TPSA) is 76.4 Å². The summed E-state index contributed by atoms with van der Waals surface area (Å²) in [6.07, 6.45) is 4.04. The minimum atomic E-state index is -0.221. The first-order valence-corrected chi connectivity index (χ1v) is 4.48. The van der Waals surface area contributed by atoms with Crippen LogP contribution in [0.25, 0.3) is 5.65 Å². The number of nitrogens with two attached hydrogens (primary N) is 1. The monoisotopic (exact) mass is 192 g/mol. The van der Waals surface area contributed by atoms with Crippen molar-refractivity contribution in [1.82, 2.24) is 14.6 Å². The SMILES string of the molecule is NC(CCO)c1cc2ncccn2n1. The molecule has 0 bridgehead atoms. The molecule has 2 rings (SSSR count). The molecule has 5 nitrogen and oxygen atoms in total. The van der Waals surface area contributed by atoms with Gasteiger partial charge < -0.3 is 10.8 Å². The molecule has 0 aliphatic rings. The van der Waals surface area contributed by atoms with Crippen LogP contribution in [-0.2, 0) is 0 Å². The van der Waals surface area contributed by atoms with E-state index in [0.29, 0.717) is 6.42 Å². The fraction of sp³-hybridized carbons (Fsp3) is 0.333. The number of aliphatic hydroxyl groups is 1. The van der Waals surface area contributed by atoms with Crippen LogP contribution in [-0.4, -0.2) is 26.3 Å². The van der Waals surface area contributed by atoms with Gasteiger partial charge in [0.05, 0.1) is 11.7 Å². The van der Waals surface area contributed by atoms with Crippen molar-refractivity contribution in [2.45, 2.75) is 12.5 Å². The van der Waals surface area contributed by atoms with E-state index in [0.717, 1.165) is 11.3 Å². The van der Waals surface area contributed by atoms with Gasteiger partial charge in [-0.25, -0.2) is 9.50 Å². The van der Waals surface area contributed by atoms with Crippen molar-refractivity contribution in [1.29, 1.82) is 0 Å². The van der Waals surface area contributed by atoms with Gasteiger partial charge in [-0.1, -0.05) is 0 Å². The first kappa shape index (κ1) is 9.11. The van der Waals surface area contributed by atoms with Crippen molar-refractivity contribution in [3.63, 3.8) is 0 Å². The van der Waals surface area contributed by atoms with Crippen LogP contribution in [0, 0.1) is 0 Å². The molecule has 0 saturated heterocycles. The second-order valence-corrected chi connectivity index (χ2v) is 3.11. The smallest absolute Gasteiger partial charge is 0.155 e. The highest BCUT2D eigenvalue weighted by Gasteiger charge is 2.09. The first-order valence-electron chi connectivity index (χ1n) is 4.48. The highest BCUT2D eigenvalue weighted by molar-refractivity contribution is 5.38. The summed E-state index contributed by atoms with van der Waals surface area (Å²) in [5, 5.41) is 13.0. The quantitative estimate of drug-likeness (QED) is 0.723. The third kappa shape index (κ3) is 1.59. The number of aromatic nitrogens is 3. The maximum atomic E-state index is 8.74. The summed E-state index contributed by atoms with van der Waals surface area (Å²) in [5.74, 6) is 0. The van der Waals surface area contributed by atoms with Gasteiger partial charge >= 0.3 is 0 Å². The molecule has 0 aliphatic carbocycles. The average Bonchev–Trinajstić information content (AvgIpc) is 2.61. The second kappa shape index (κ2) is 3.73. The number of fused-ring (bicyclic) bond motifs is 1. The molecule has 74 valence electrons. The zero-order valence-electron chi connectivity index (χ0n) is 7.67. The van der Waals surface area contributed by atoms with Crippen LogP contribution in [0.3, 0.4) is 0 Å². The molecule has 1 atom stereocenters. The lowest BCUT2D eigenvalue weighted by molar-refractivity contribution is 0.275. The van der Waals surface area contributed by atoms with E-state index in [1.165, 1.54) is 0 Å². The Morgan fingerprint density at radius 1 is 1.57 bits per heavy atom. The maximum Gasteiger partial charge on any atom is 0.155 e. The van der Waals surface area contributed by atoms with Crippen molar-refractivity contribution < 1.29 is 5.11 Å². The number of aliphatic hydroxyl groups excluding tert-OH is 1. The van der Waals surface area contributed by atoms with Gasteiger partial charge in [-0.15, -0.1) is 0 Å². The molecule has 2 heterocycles. The van der Waals surface area contributed by atoms with Crippen LogP contribution in [0.1, 0.15) is 18.2 Å². The van der Waals surface area contributed by atoms with Crippen LogP contribution in [0.5, 0.6) is 0 Å². The van der Waals surface area contributed by atoms with Gasteiger partial charge in [-0.05, 0) is 12.5 Å². The molecule has 0 aromatic carbocycles. The Balaban J connectivity index is 2.35. The minimum absolute atomic E-state index is 0.0719. The lowest BCUT2D eigenvalue weighted by Gasteiger charge is -2.04. The average molecular weight is 192 g/mol. The van der Waals surface area contributed by atoms with Gasteiger partial charge in [0.1, 0.15) is 0 Å². The van der Waals surface area contributed by atoms with Gasteiger partial charge in [0, 0.05) is 25.1 Å². The Bertz CT molecular complexity index is 392. The standard InChI is InChI=1S/C9H12N4O/c10-7(2-5-14)8-6-9-11-3-1-4-13(9)12-8/h1,3-4,6-7,14H,2,5,10H2. The molecule has 0 fully saturated rings. The van der Waals surface area contributed by atoms with Crippen molar-refractivity contribution in [2.24, 2.45) is 5.73 Å². The summed E-state index contributed by atoms with van der Waals surface area (Å²) < 4.78 is 1.67. The van der Waals surface area contributed by atoms with E-state index in [4.69, 9.17) is 10.8 Å². The summed E-state index contributed by atoms with van der Waals surface area (Å²) in [6, 6.07) is 3.42. The highest BCUT2D eigenvalue weighted by Crippen LogP contribution is 2.12. The lowest BCUT2D eigenvalue weighted by Crippen LogP contribution is -2.12. The molecule has 1 unspecified atom stereocenters. The predicted molar refractivity (Wildman–Crippen MR) is 51.6 cm³/mol. The molecule has 2 aromatic heterocycles. The third-order valence-electron chi connectivity index (χ3n) is 2.08. The predicted octanol–water partition coefficient (Wildman–Crippen LogP) is 0.111. The fourth-order valence-electron chi connectivity index (χ4n) is 1.32. The van der Waals surface area contributed by atoms with Crippen LogP contribution in [0.2, 0.25) is 0 Å². The summed E-state index contributed by atoms with van der Waals surface area (Å²) in [4.78, 5) is 4.13. The van der Waals surface area contributed by atoms with Crippen LogP contribution in [0.4, 0.5) is 0 Å². The van der Waals surface area contributed by atoms with E-state index in [9.17, 15) is 0 Å². The van der Waals surface area contributed by atoms with Crippen LogP contribution < -0.4 is 5.73 Å². The van der Waals surface area contributed by atoms with Crippen molar-refractivity contribution >= 4 is 5.65 Å². The normalized spacial score (nSPS) is 13.3. The number of rotatable bonds is 3. The second-order valence-electron chi connectivity index (χ2n) is 3.11. The summed E-state index contributed by atoms with van der Waals surface area (Å²) in [5.41, 5.74) is 7.34. The molecule has 5 heteroatoms. The van der Waals surface area contributed by atoms with E-state index < -0.39 is 0 Å². The van der Waals surface area contributed by atoms with E-state index in [2.05, 4.69) is 10.1 Å². The number of hydrogen-bond acceptors (Lipinski definition) is 4. The Kier molecular flexibility index (Phi) is 2.43. The fourth-order valence-corrected chi connectivity index (χ4v) is 1.32. The molecule has 14 heavy (non-hydrogen) atoms. The van der Waals surface area contributed by atoms with Crippen LogP contribution >= 0.6 is 0 Å². The molecule has 0 amide bonds. The summed E-state index contributed by atoms with van der Waals surface area (Å²) in [7, 11) is 0. The third-order valence-corrected chi connectivity index (χ3v) is 2.08. The Labute approximate surface area is 81.2 Å². The molecular formula is C9H12N4O. The summed E-state index contributed by atoms with van der Waals surface area (Å²) in [6.45, 7) is 0.0719. The number of hydrogen-bond donors (Lipinski definition) is 2. The highest BCUT2D eigenvalue weighted by atomic mass is 16.3. The Morgan fingerprint density at radius 2 is 2.43 bits per heavy atom. The van der Waals surface area contributed by atoms with Gasteiger partial charge in [0.25, 0.3) is 0 Å². The van der Waals surface area contributed by atoms with E-state index in [1.807, 2.05) is 12.3 Å². The molecule has 0 radical (unpaired) electrons. The zero-order valence-corrected chi connectivity index (χ0v) is 7.67. The maximum absolute atomic E-state index is 8.74. The van der Waals surface area contributed by atoms with E-state index in [1.54, 1.807) is 16.8 Å². The Morgan fingerprint density at radius 3 is 3.14 bits per heavy atom. The van der Waals surface area contributed by atoms with Gasteiger partial charge in [0.2, 0.25) is 0 Å². The first-order chi connectivity index (χ1) is 6.81. The minimum Gasteiger partial charge on any atom is -0.396 e. The van der Waals surface area contributed by atoms with Crippen molar-refractivity contribution in [2.75, 3.05) is 6.61 Å². The molecule has 3 N–H and O–H groups in total. The molecule has 0 spiro atoms. The lowest BCUT2D eigenvalue weighted by atomic mass is 10.2. The molecule has 0 aliphatic heterocycles. The van der Waals surface area contributed by atoms with Gasteiger partial charge in [0.15, 0.2) is 5.65 Å². The number of nitrogens with zero attached hydrogens (tertiary/aromatic N) is 3. The van der Waals surface area contributed by atoms with E-state index >= 15 is 0 Å². The largest absolute Gasteiger partial charge is 0.396 e. The molecular weight excluding hydrogens is 180 g/mol.